The van der Waals surface area contributed by atoms with Gasteiger partial charge in [-0.25, -0.2) is 8.78 Å². The van der Waals surface area contributed by atoms with Gasteiger partial charge in [0.2, 0.25) is 5.91 Å². The number of benzene rings is 1. The number of H-pyrrole nitrogens is 1. The molecule has 0 bridgehead atoms. The van der Waals surface area contributed by atoms with Gasteiger partial charge in [-0.3, -0.25) is 4.79 Å². The van der Waals surface area contributed by atoms with Crippen LogP contribution in [0.25, 0.3) is 0 Å². The van der Waals surface area contributed by atoms with Gasteiger partial charge in [0.15, 0.2) is 5.82 Å². The average molecular weight is 359 g/mol. The number of aromatic nitrogens is 4. The summed E-state index contributed by atoms with van der Waals surface area (Å²) in [7, 11) is 0. The molecule has 3 atom stereocenters. The predicted molar refractivity (Wildman–Crippen MR) is 87.2 cm³/mol. The zero-order valence-electron chi connectivity index (χ0n) is 14.0. The molecular formula is C18H19F2N5O. The molecule has 0 spiro atoms. The summed E-state index contributed by atoms with van der Waals surface area (Å²) in [6.45, 7) is 0. The van der Waals surface area contributed by atoms with Gasteiger partial charge in [0, 0.05) is 18.4 Å². The van der Waals surface area contributed by atoms with Crippen molar-refractivity contribution in [3.8, 4) is 0 Å². The molecule has 26 heavy (non-hydrogen) atoms. The first-order chi connectivity index (χ1) is 12.5. The van der Waals surface area contributed by atoms with Gasteiger partial charge in [-0.2, -0.15) is 5.21 Å². The second kappa shape index (κ2) is 5.31. The van der Waals surface area contributed by atoms with Crippen LogP contribution in [-0.2, 0) is 10.2 Å². The largest absolute Gasteiger partial charge is 0.353 e. The highest BCUT2D eigenvalue weighted by Crippen LogP contribution is 2.64. The van der Waals surface area contributed by atoms with E-state index in [1.165, 1.54) is 0 Å². The summed E-state index contributed by atoms with van der Waals surface area (Å²) in [5, 5.41) is 17.4. The van der Waals surface area contributed by atoms with E-state index in [1.54, 1.807) is 0 Å². The van der Waals surface area contributed by atoms with E-state index in [9.17, 15) is 13.6 Å². The Hall–Kier alpha value is -2.38. The van der Waals surface area contributed by atoms with Crippen LogP contribution >= 0.6 is 0 Å². The number of carbonyl (C=O) groups excluding carboxylic acids is 1. The van der Waals surface area contributed by atoms with Crippen molar-refractivity contribution in [2.45, 2.75) is 43.1 Å². The number of nitrogens with zero attached hydrogens (tertiary/aromatic N) is 3. The second-order valence-electron chi connectivity index (χ2n) is 7.81. The van der Waals surface area contributed by atoms with Crippen molar-refractivity contribution in [2.75, 3.05) is 0 Å². The number of hydrogen-bond donors (Lipinski definition) is 2. The Morgan fingerprint density at radius 1 is 1.23 bits per heavy atom. The van der Waals surface area contributed by atoms with Crippen LogP contribution in [0.4, 0.5) is 8.78 Å². The lowest BCUT2D eigenvalue weighted by molar-refractivity contribution is -0.126. The highest BCUT2D eigenvalue weighted by molar-refractivity contribution is 5.83. The molecule has 1 aromatic carbocycles. The number of hydrogen-bond acceptors (Lipinski definition) is 4. The first-order valence-corrected chi connectivity index (χ1v) is 8.99. The van der Waals surface area contributed by atoms with Gasteiger partial charge in [0.25, 0.3) is 5.92 Å². The van der Waals surface area contributed by atoms with Crippen molar-refractivity contribution < 1.29 is 13.6 Å². The third kappa shape index (κ3) is 2.20. The van der Waals surface area contributed by atoms with Gasteiger partial charge in [0.05, 0.1) is 11.3 Å². The first kappa shape index (κ1) is 15.8. The predicted octanol–water partition coefficient (Wildman–Crippen LogP) is 2.06. The third-order valence-corrected chi connectivity index (χ3v) is 6.41. The van der Waals surface area contributed by atoms with E-state index in [2.05, 4.69) is 25.9 Å². The Morgan fingerprint density at radius 2 is 2.00 bits per heavy atom. The number of fused-ring (bicyclic) bond motifs is 1. The molecule has 3 aliphatic carbocycles. The minimum atomic E-state index is -2.68. The van der Waals surface area contributed by atoms with Crippen molar-refractivity contribution in [1.82, 2.24) is 25.9 Å². The minimum absolute atomic E-state index is 0.0591. The molecule has 8 heteroatoms. The Balaban J connectivity index is 1.29. The molecule has 1 heterocycles. The fourth-order valence-corrected chi connectivity index (χ4v) is 5.04. The Labute approximate surface area is 148 Å². The van der Waals surface area contributed by atoms with Crippen LogP contribution in [-0.4, -0.2) is 38.5 Å². The van der Waals surface area contributed by atoms with Crippen LogP contribution < -0.4 is 5.32 Å². The van der Waals surface area contributed by atoms with E-state index in [4.69, 9.17) is 0 Å². The van der Waals surface area contributed by atoms with E-state index in [0.717, 1.165) is 5.56 Å². The summed E-state index contributed by atoms with van der Waals surface area (Å²) >= 11 is 0. The van der Waals surface area contributed by atoms with E-state index < -0.39 is 23.2 Å². The van der Waals surface area contributed by atoms with Crippen LogP contribution in [0.5, 0.6) is 0 Å². The summed E-state index contributed by atoms with van der Waals surface area (Å²) in [6.07, 6.45) is 1.66. The molecule has 3 aliphatic rings. The van der Waals surface area contributed by atoms with Gasteiger partial charge >= 0.3 is 0 Å². The normalized spacial score (nSPS) is 36.8. The lowest BCUT2D eigenvalue weighted by Gasteiger charge is -2.46. The molecule has 1 aromatic heterocycles. The molecule has 1 amide bonds. The molecule has 0 unspecified atom stereocenters. The van der Waals surface area contributed by atoms with Gasteiger partial charge in [-0.1, -0.05) is 35.5 Å². The Kier molecular flexibility index (Phi) is 3.24. The maximum atomic E-state index is 13.7. The number of carbonyl (C=O) groups is 1. The lowest BCUT2D eigenvalue weighted by Crippen LogP contribution is -2.54. The Morgan fingerprint density at radius 3 is 2.62 bits per heavy atom. The quantitative estimate of drug-likeness (QED) is 0.875. The third-order valence-electron chi connectivity index (χ3n) is 6.41. The lowest BCUT2D eigenvalue weighted by atomic mass is 9.61. The first-order valence-electron chi connectivity index (χ1n) is 8.99. The fraction of sp³-hybridized carbons (Fsp3) is 0.556. The van der Waals surface area contributed by atoms with E-state index in [-0.39, 0.29) is 24.3 Å². The number of rotatable bonds is 4. The fourth-order valence-electron chi connectivity index (χ4n) is 5.04. The molecule has 3 saturated carbocycles. The van der Waals surface area contributed by atoms with Gasteiger partial charge < -0.3 is 5.32 Å². The van der Waals surface area contributed by atoms with Crippen molar-refractivity contribution in [3.63, 3.8) is 0 Å². The van der Waals surface area contributed by atoms with Crippen molar-refractivity contribution in [2.24, 2.45) is 17.8 Å². The number of halogens is 2. The molecule has 2 N–H and O–H groups in total. The molecule has 0 aliphatic heterocycles. The molecule has 2 aromatic rings. The topological polar surface area (TPSA) is 83.6 Å². The number of aromatic amines is 1. The van der Waals surface area contributed by atoms with Crippen LogP contribution in [0.1, 0.15) is 37.1 Å². The molecular weight excluding hydrogens is 340 g/mol. The van der Waals surface area contributed by atoms with E-state index >= 15 is 0 Å². The zero-order chi connectivity index (χ0) is 17.9. The van der Waals surface area contributed by atoms with E-state index in [1.807, 2.05) is 30.3 Å². The summed E-state index contributed by atoms with van der Waals surface area (Å²) in [4.78, 5) is 12.4. The monoisotopic (exact) mass is 359 g/mol. The smallest absolute Gasteiger partial charge is 0.252 e. The number of nitrogens with one attached hydrogen (secondary N) is 2. The van der Waals surface area contributed by atoms with E-state index in [0.29, 0.717) is 25.1 Å². The minimum Gasteiger partial charge on any atom is -0.353 e. The molecule has 0 saturated heterocycles. The maximum Gasteiger partial charge on any atom is 0.252 e. The zero-order valence-corrected chi connectivity index (χ0v) is 14.0. The highest BCUT2D eigenvalue weighted by Gasteiger charge is 2.70. The van der Waals surface area contributed by atoms with Crippen LogP contribution in [0.15, 0.2) is 30.3 Å². The number of alkyl halides is 2. The Bertz CT molecular complexity index is 819. The molecule has 5 rings (SSSR count). The van der Waals surface area contributed by atoms with Gasteiger partial charge in [0.1, 0.15) is 0 Å². The SMILES string of the molecule is O=C(NC1CC(c2ccccc2)(c2nn[nH]n2)C1)[C@H]1[C@H]2CCC(F)(F)[C@H]21. The number of amides is 1. The van der Waals surface area contributed by atoms with Crippen LogP contribution in [0.3, 0.4) is 0 Å². The molecule has 3 fully saturated rings. The second-order valence-corrected chi connectivity index (χ2v) is 7.81. The maximum absolute atomic E-state index is 13.7. The summed E-state index contributed by atoms with van der Waals surface area (Å²) in [5.74, 6) is -3.70. The molecule has 136 valence electrons. The van der Waals surface area contributed by atoms with Crippen LogP contribution in [0.2, 0.25) is 0 Å². The van der Waals surface area contributed by atoms with Crippen molar-refractivity contribution in [3.05, 3.63) is 41.7 Å². The summed E-state index contributed by atoms with van der Waals surface area (Å²) in [5.41, 5.74) is 0.678. The molecule has 6 nitrogen and oxygen atoms in total. The van der Waals surface area contributed by atoms with Gasteiger partial charge in [-0.05, 0) is 30.7 Å². The van der Waals surface area contributed by atoms with Gasteiger partial charge in [-0.15, -0.1) is 10.2 Å². The standard InChI is InChI=1S/C18H19F2N5O/c19-18(20)7-6-12-13(14(12)18)15(26)21-11-8-17(9-11,16-22-24-25-23-16)10-4-2-1-3-5-10/h1-5,11-14H,6-9H2,(H,21,26)(H,22,23,24,25)/t11?,12-,13+,14-,17?/m1/s1. The highest BCUT2D eigenvalue weighted by atomic mass is 19.3. The summed E-state index contributed by atoms with van der Waals surface area (Å²) in [6, 6.07) is 9.82. The molecule has 0 radical (unpaired) electrons. The number of tetrazole rings is 1. The average Bonchev–Trinajstić information content (AvgIpc) is 2.92. The van der Waals surface area contributed by atoms with Crippen molar-refractivity contribution in [1.29, 1.82) is 0 Å². The van der Waals surface area contributed by atoms with Crippen molar-refractivity contribution >= 4 is 5.91 Å². The van der Waals surface area contributed by atoms with Crippen LogP contribution in [0, 0.1) is 17.8 Å². The summed E-state index contributed by atoms with van der Waals surface area (Å²) < 4.78 is 27.5.